The van der Waals surface area contributed by atoms with Crippen molar-refractivity contribution in [2.24, 2.45) is 7.05 Å². The standard InChI is InChI=1S/C18H18ClN5O5S/c1-11(13-5-4-6-20-17(13)19)28-16(25)7-15-14(10-23-24(15)2)18-21-8-12(9-22-18)29-30(3,26)27/h4-6,8-11H,7H2,1-3H3/t11-/m1/s1. The lowest BCUT2D eigenvalue weighted by Gasteiger charge is -2.14. The van der Waals surface area contributed by atoms with Crippen LogP contribution in [-0.2, 0) is 33.1 Å². The molecule has 0 radical (unpaired) electrons. The van der Waals surface area contributed by atoms with Gasteiger partial charge in [-0.15, -0.1) is 0 Å². The fourth-order valence-corrected chi connectivity index (χ4v) is 3.38. The molecule has 0 aliphatic carbocycles. The average Bonchev–Trinajstić information content (AvgIpc) is 3.02. The van der Waals surface area contributed by atoms with Gasteiger partial charge in [-0.05, 0) is 13.0 Å². The van der Waals surface area contributed by atoms with Crippen LogP contribution in [-0.4, -0.2) is 45.4 Å². The lowest BCUT2D eigenvalue weighted by molar-refractivity contribution is -0.147. The summed E-state index contributed by atoms with van der Waals surface area (Å²) in [6, 6.07) is 3.44. The Morgan fingerprint density at radius 2 is 1.93 bits per heavy atom. The summed E-state index contributed by atoms with van der Waals surface area (Å²) in [6.07, 6.45) is 5.77. The highest BCUT2D eigenvalue weighted by Crippen LogP contribution is 2.25. The molecule has 3 aromatic heterocycles. The fourth-order valence-electron chi connectivity index (χ4n) is 2.67. The number of halogens is 1. The quantitative estimate of drug-likeness (QED) is 0.301. The number of carbonyl (C=O) groups is 1. The minimum absolute atomic E-state index is 0.0201. The molecule has 158 valence electrons. The number of pyridine rings is 1. The molecule has 0 spiro atoms. The van der Waals surface area contributed by atoms with Crippen molar-refractivity contribution in [1.82, 2.24) is 24.7 Å². The van der Waals surface area contributed by atoms with E-state index >= 15 is 0 Å². The molecule has 1 atom stereocenters. The summed E-state index contributed by atoms with van der Waals surface area (Å²) >= 11 is 6.05. The predicted octanol–water partition coefficient (Wildman–Crippen LogP) is 2.11. The highest BCUT2D eigenvalue weighted by molar-refractivity contribution is 7.86. The first kappa shape index (κ1) is 21.7. The maximum atomic E-state index is 12.5. The average molecular weight is 452 g/mol. The maximum Gasteiger partial charge on any atom is 0.312 e. The van der Waals surface area contributed by atoms with Crippen LogP contribution in [0.15, 0.2) is 36.9 Å². The molecule has 0 saturated heterocycles. The van der Waals surface area contributed by atoms with Crippen LogP contribution in [0, 0.1) is 0 Å². The van der Waals surface area contributed by atoms with Crippen molar-refractivity contribution in [1.29, 1.82) is 0 Å². The molecule has 0 amide bonds. The van der Waals surface area contributed by atoms with Crippen LogP contribution in [0.3, 0.4) is 0 Å². The Balaban J connectivity index is 1.76. The SMILES string of the molecule is C[C@@H](OC(=O)Cc1c(-c2ncc(OS(C)(=O)=O)cn2)cnn1C)c1cccnc1Cl. The summed E-state index contributed by atoms with van der Waals surface area (Å²) in [5.41, 5.74) is 1.64. The minimum atomic E-state index is -3.68. The van der Waals surface area contributed by atoms with Crippen molar-refractivity contribution in [2.45, 2.75) is 19.4 Å². The van der Waals surface area contributed by atoms with Gasteiger partial charge in [-0.2, -0.15) is 13.5 Å². The van der Waals surface area contributed by atoms with Crippen LogP contribution < -0.4 is 4.18 Å². The van der Waals surface area contributed by atoms with Crippen LogP contribution in [0.4, 0.5) is 0 Å². The summed E-state index contributed by atoms with van der Waals surface area (Å²) < 4.78 is 34.1. The number of nitrogens with zero attached hydrogens (tertiary/aromatic N) is 5. The molecule has 10 nitrogen and oxygen atoms in total. The molecule has 0 aromatic carbocycles. The van der Waals surface area contributed by atoms with E-state index in [0.29, 0.717) is 16.8 Å². The van der Waals surface area contributed by atoms with Gasteiger partial charge in [0.25, 0.3) is 0 Å². The molecule has 0 aliphatic heterocycles. The number of carbonyl (C=O) groups excluding carboxylic acids is 1. The zero-order valence-corrected chi connectivity index (χ0v) is 17.9. The van der Waals surface area contributed by atoms with Crippen molar-refractivity contribution < 1.29 is 22.1 Å². The first-order chi connectivity index (χ1) is 14.1. The van der Waals surface area contributed by atoms with E-state index < -0.39 is 22.2 Å². The van der Waals surface area contributed by atoms with Gasteiger partial charge in [-0.3, -0.25) is 9.48 Å². The Morgan fingerprint density at radius 3 is 2.57 bits per heavy atom. The van der Waals surface area contributed by atoms with Crippen molar-refractivity contribution in [3.05, 3.63) is 53.3 Å². The molecule has 12 heteroatoms. The van der Waals surface area contributed by atoms with Crippen LogP contribution in [0.1, 0.15) is 24.3 Å². The van der Waals surface area contributed by atoms with Gasteiger partial charge in [0, 0.05) is 18.8 Å². The minimum Gasteiger partial charge on any atom is -0.457 e. The summed E-state index contributed by atoms with van der Waals surface area (Å²) in [5, 5.41) is 4.42. The molecule has 0 fully saturated rings. The molecule has 30 heavy (non-hydrogen) atoms. The lowest BCUT2D eigenvalue weighted by atomic mass is 10.1. The van der Waals surface area contributed by atoms with E-state index in [4.69, 9.17) is 20.5 Å². The Labute approximate surface area is 178 Å². The van der Waals surface area contributed by atoms with Gasteiger partial charge in [0.1, 0.15) is 11.3 Å². The number of esters is 1. The second-order valence-corrected chi connectivity index (χ2v) is 8.28. The molecule has 0 N–H and O–H groups in total. The molecule has 3 rings (SSSR count). The number of hydrogen-bond acceptors (Lipinski definition) is 9. The summed E-state index contributed by atoms with van der Waals surface area (Å²) in [6.45, 7) is 1.70. The van der Waals surface area contributed by atoms with Crippen molar-refractivity contribution >= 4 is 27.7 Å². The van der Waals surface area contributed by atoms with Crippen LogP contribution in [0.25, 0.3) is 11.4 Å². The topological polar surface area (TPSA) is 126 Å². The molecule has 0 saturated carbocycles. The molecule has 0 bridgehead atoms. The Bertz CT molecular complexity index is 1160. The second-order valence-electron chi connectivity index (χ2n) is 6.35. The van der Waals surface area contributed by atoms with Crippen LogP contribution in [0.5, 0.6) is 5.75 Å². The monoisotopic (exact) mass is 451 g/mol. The molecule has 3 aromatic rings. The Morgan fingerprint density at radius 1 is 1.23 bits per heavy atom. The fraction of sp³-hybridized carbons (Fsp3) is 0.278. The van der Waals surface area contributed by atoms with Gasteiger partial charge in [0.05, 0.1) is 42.5 Å². The third-order valence-corrected chi connectivity index (χ3v) is 4.84. The zero-order chi connectivity index (χ0) is 21.9. The van der Waals surface area contributed by atoms with E-state index in [1.807, 2.05) is 0 Å². The first-order valence-corrected chi connectivity index (χ1v) is 10.9. The molecule has 0 aliphatic rings. The van der Waals surface area contributed by atoms with Gasteiger partial charge in [0.15, 0.2) is 11.6 Å². The highest BCUT2D eigenvalue weighted by atomic mass is 35.5. The van der Waals surface area contributed by atoms with Crippen LogP contribution >= 0.6 is 11.6 Å². The molecule has 3 heterocycles. The van der Waals surface area contributed by atoms with E-state index in [1.165, 1.54) is 23.3 Å². The van der Waals surface area contributed by atoms with Crippen molar-refractivity contribution in [2.75, 3.05) is 6.26 Å². The summed E-state index contributed by atoms with van der Waals surface area (Å²) in [4.78, 5) is 24.7. The molecular weight excluding hydrogens is 434 g/mol. The third kappa shape index (κ3) is 5.30. The molecule has 0 unspecified atom stereocenters. The van der Waals surface area contributed by atoms with E-state index in [0.717, 1.165) is 6.26 Å². The number of aryl methyl sites for hydroxylation is 1. The normalized spacial score (nSPS) is 12.4. The Kier molecular flexibility index (Phi) is 6.32. The van der Waals surface area contributed by atoms with Crippen LogP contribution in [0.2, 0.25) is 5.15 Å². The maximum absolute atomic E-state index is 12.5. The summed E-state index contributed by atoms with van der Waals surface area (Å²) in [7, 11) is -2.01. The number of aromatic nitrogens is 5. The van der Waals surface area contributed by atoms with E-state index in [-0.39, 0.29) is 23.1 Å². The van der Waals surface area contributed by atoms with Gasteiger partial charge < -0.3 is 8.92 Å². The van der Waals surface area contributed by atoms with Crippen molar-refractivity contribution in [3.63, 3.8) is 0 Å². The highest BCUT2D eigenvalue weighted by Gasteiger charge is 2.20. The lowest BCUT2D eigenvalue weighted by Crippen LogP contribution is -2.15. The Hall–Kier alpha value is -3.05. The number of ether oxygens (including phenoxy) is 1. The van der Waals surface area contributed by atoms with Gasteiger partial charge in [-0.25, -0.2) is 15.0 Å². The predicted molar refractivity (Wildman–Crippen MR) is 107 cm³/mol. The van der Waals surface area contributed by atoms with E-state index in [1.54, 1.807) is 32.3 Å². The van der Waals surface area contributed by atoms with Gasteiger partial charge >= 0.3 is 16.1 Å². The summed E-state index contributed by atoms with van der Waals surface area (Å²) in [5.74, 6) is -0.257. The van der Waals surface area contributed by atoms with Crippen molar-refractivity contribution in [3.8, 4) is 17.1 Å². The second kappa shape index (κ2) is 8.76. The first-order valence-electron chi connectivity index (χ1n) is 8.66. The van der Waals surface area contributed by atoms with E-state index in [2.05, 4.69) is 20.1 Å². The zero-order valence-electron chi connectivity index (χ0n) is 16.3. The van der Waals surface area contributed by atoms with Gasteiger partial charge in [0.2, 0.25) is 0 Å². The third-order valence-electron chi connectivity index (χ3n) is 4.02. The largest absolute Gasteiger partial charge is 0.457 e. The number of hydrogen-bond donors (Lipinski definition) is 0. The smallest absolute Gasteiger partial charge is 0.312 e. The van der Waals surface area contributed by atoms with E-state index in [9.17, 15) is 13.2 Å². The molecular formula is C18H18ClN5O5S. The number of rotatable bonds is 7. The van der Waals surface area contributed by atoms with Gasteiger partial charge in [-0.1, -0.05) is 17.7 Å².